The first-order valence-electron chi connectivity index (χ1n) is 15.2. The predicted molar refractivity (Wildman–Crippen MR) is 163 cm³/mol. The maximum atomic E-state index is 13.5. The Kier molecular flexibility index (Phi) is 11.3. The van der Waals surface area contributed by atoms with Crippen LogP contribution in [0.2, 0.25) is 0 Å². The highest BCUT2D eigenvalue weighted by Gasteiger charge is 2.27. The molecule has 0 bridgehead atoms. The zero-order chi connectivity index (χ0) is 29.2. The molecule has 2 aromatic heterocycles. The van der Waals surface area contributed by atoms with Crippen LogP contribution in [0.5, 0.6) is 0 Å². The summed E-state index contributed by atoms with van der Waals surface area (Å²) in [6, 6.07) is 9.37. The highest BCUT2D eigenvalue weighted by Crippen LogP contribution is 2.34. The summed E-state index contributed by atoms with van der Waals surface area (Å²) in [6.07, 6.45) is 13.4. The van der Waals surface area contributed by atoms with Crippen molar-refractivity contribution >= 4 is 16.6 Å². The summed E-state index contributed by atoms with van der Waals surface area (Å²) >= 11 is 0. The summed E-state index contributed by atoms with van der Waals surface area (Å²) in [7, 11) is 0. The number of nitrogens with zero attached hydrogens (tertiary/aromatic N) is 3. The highest BCUT2D eigenvalue weighted by atomic mass is 19.3. The first-order chi connectivity index (χ1) is 19.7. The number of alkyl halides is 2. The molecule has 4 rings (SSSR count). The fourth-order valence-corrected chi connectivity index (χ4v) is 5.56. The van der Waals surface area contributed by atoms with Gasteiger partial charge in [0, 0.05) is 24.4 Å². The summed E-state index contributed by atoms with van der Waals surface area (Å²) < 4.78 is 34.1. The molecule has 1 aromatic carbocycles. The number of anilines is 1. The van der Waals surface area contributed by atoms with Crippen LogP contribution >= 0.6 is 0 Å². The summed E-state index contributed by atoms with van der Waals surface area (Å²) in [6.45, 7) is 7.60. The van der Waals surface area contributed by atoms with Gasteiger partial charge in [0.15, 0.2) is 0 Å². The average Bonchev–Trinajstić information content (AvgIpc) is 3.37. The normalized spacial score (nSPS) is 13.7. The van der Waals surface area contributed by atoms with Crippen LogP contribution < -0.4 is 11.0 Å². The fraction of sp³-hybridized carbons (Fsp3) is 0.576. The lowest BCUT2D eigenvalue weighted by Crippen LogP contribution is -2.28. The topological polar surface area (TPSA) is 59.4 Å². The number of unbranched alkanes of at least 4 members (excludes halogenated alkanes) is 8. The molecule has 0 aliphatic carbocycles. The van der Waals surface area contributed by atoms with Gasteiger partial charge in [-0.05, 0) is 47.6 Å². The maximum Gasteiger partial charge on any atom is 0.257 e. The summed E-state index contributed by atoms with van der Waals surface area (Å²) in [5.41, 5.74) is 6.79. The Morgan fingerprint density at radius 3 is 2.24 bits per heavy atom. The van der Waals surface area contributed by atoms with Gasteiger partial charge in [-0.25, -0.2) is 8.78 Å². The van der Waals surface area contributed by atoms with Gasteiger partial charge in [0.25, 0.3) is 12.0 Å². The number of hydrazine groups is 1. The smallest absolute Gasteiger partial charge is 0.257 e. The lowest BCUT2D eigenvalue weighted by molar-refractivity contribution is 0.0404. The van der Waals surface area contributed by atoms with Crippen LogP contribution in [0, 0.1) is 5.41 Å². The van der Waals surface area contributed by atoms with Crippen LogP contribution in [0.1, 0.15) is 90.5 Å². The molecule has 0 spiro atoms. The van der Waals surface area contributed by atoms with Crippen molar-refractivity contribution in [2.45, 2.75) is 104 Å². The quantitative estimate of drug-likeness (QED) is 0.176. The van der Waals surface area contributed by atoms with Crippen molar-refractivity contribution in [3.63, 3.8) is 0 Å². The van der Waals surface area contributed by atoms with Gasteiger partial charge in [-0.15, -0.1) is 0 Å². The molecule has 1 N–H and O–H groups in total. The van der Waals surface area contributed by atoms with E-state index in [0.29, 0.717) is 42.1 Å². The third-order valence-electron chi connectivity index (χ3n) is 7.78. The van der Waals surface area contributed by atoms with Gasteiger partial charge in [0.2, 0.25) is 0 Å². The van der Waals surface area contributed by atoms with Crippen molar-refractivity contribution in [1.29, 1.82) is 0 Å². The Hall–Kier alpha value is -2.84. The molecule has 41 heavy (non-hydrogen) atoms. The molecule has 0 radical (unpaired) electrons. The Balaban J connectivity index is 1.24. The van der Waals surface area contributed by atoms with E-state index in [-0.39, 0.29) is 5.56 Å². The number of pyridine rings is 2. The van der Waals surface area contributed by atoms with Crippen LogP contribution in [0.4, 0.5) is 14.5 Å². The van der Waals surface area contributed by atoms with Crippen LogP contribution in [0.15, 0.2) is 47.5 Å². The second kappa shape index (κ2) is 14.9. The molecule has 0 amide bonds. The number of nitrogens with one attached hydrogen (secondary N) is 1. The predicted octanol–water partition coefficient (Wildman–Crippen LogP) is 8.39. The minimum atomic E-state index is -2.63. The number of aromatic nitrogens is 2. The number of benzene rings is 1. The minimum absolute atomic E-state index is 0.315. The van der Waals surface area contributed by atoms with Crippen LogP contribution in [-0.4, -0.2) is 34.3 Å². The number of hydrogen-bond donors (Lipinski definition) is 1. The standard InChI is InChI=1S/C33H46F2N4O2/c1-33(2,3)17-11-9-7-5-4-6-8-10-12-20-41-24-38-22-28-31(37-38)27-14-13-26(25-15-18-36-19-16-25)21-29(27)39(32(28)40)23-30(34)35/h13-16,18-19,21,30,37H,4-12,17,20,22-24H2,1-3H3. The second-order valence-corrected chi connectivity index (χ2v) is 12.5. The van der Waals surface area contributed by atoms with Crippen molar-refractivity contribution in [2.75, 3.05) is 18.8 Å². The Labute approximate surface area is 243 Å². The fourth-order valence-electron chi connectivity index (χ4n) is 5.56. The molecule has 0 atom stereocenters. The summed E-state index contributed by atoms with van der Waals surface area (Å²) in [5, 5.41) is 2.59. The first-order valence-corrected chi connectivity index (χ1v) is 15.2. The third-order valence-corrected chi connectivity index (χ3v) is 7.78. The Morgan fingerprint density at radius 1 is 0.927 bits per heavy atom. The van der Waals surface area contributed by atoms with E-state index in [1.807, 2.05) is 35.3 Å². The molecule has 1 aliphatic heterocycles. The molecule has 3 heterocycles. The Morgan fingerprint density at radius 2 is 1.59 bits per heavy atom. The number of rotatable bonds is 16. The summed E-state index contributed by atoms with van der Waals surface area (Å²) in [4.78, 5) is 17.4. The van der Waals surface area contributed by atoms with Gasteiger partial charge in [0.05, 0.1) is 29.9 Å². The lowest BCUT2D eigenvalue weighted by Gasteiger charge is -2.17. The molecule has 0 unspecified atom stereocenters. The highest BCUT2D eigenvalue weighted by molar-refractivity contribution is 5.96. The van der Waals surface area contributed by atoms with E-state index in [1.54, 1.807) is 12.4 Å². The second-order valence-electron chi connectivity index (χ2n) is 12.5. The van der Waals surface area contributed by atoms with Crippen LogP contribution in [0.25, 0.3) is 22.0 Å². The van der Waals surface area contributed by atoms with Gasteiger partial charge < -0.3 is 14.7 Å². The number of fused-ring (bicyclic) bond motifs is 3. The van der Waals surface area contributed by atoms with Gasteiger partial charge in [0.1, 0.15) is 6.73 Å². The monoisotopic (exact) mass is 568 g/mol. The van der Waals surface area contributed by atoms with Gasteiger partial charge in [-0.3, -0.25) is 9.78 Å². The Bertz CT molecular complexity index is 1300. The van der Waals surface area contributed by atoms with E-state index >= 15 is 0 Å². The molecule has 1 aliphatic rings. The molecule has 0 fully saturated rings. The number of halogens is 2. The van der Waals surface area contributed by atoms with Crippen molar-refractivity contribution in [3.05, 3.63) is 58.6 Å². The molecule has 224 valence electrons. The van der Waals surface area contributed by atoms with E-state index in [2.05, 4.69) is 31.2 Å². The number of hydrogen-bond acceptors (Lipinski definition) is 5. The molecular weight excluding hydrogens is 522 g/mol. The van der Waals surface area contributed by atoms with Crippen molar-refractivity contribution in [3.8, 4) is 11.1 Å². The summed E-state index contributed by atoms with van der Waals surface area (Å²) in [5.74, 6) is 0. The molecule has 3 aromatic rings. The SMILES string of the molecule is CC(C)(C)CCCCCCCCCCCOCN1Cc2c(c3ccc(-c4ccncc4)cc3n(CC(F)F)c2=O)N1. The van der Waals surface area contributed by atoms with E-state index in [4.69, 9.17) is 4.74 Å². The van der Waals surface area contributed by atoms with E-state index in [9.17, 15) is 13.6 Å². The lowest BCUT2D eigenvalue weighted by atomic mass is 9.89. The zero-order valence-electron chi connectivity index (χ0n) is 24.9. The first kappa shape index (κ1) is 31.1. The van der Waals surface area contributed by atoms with Crippen LogP contribution in [-0.2, 0) is 17.8 Å². The minimum Gasteiger partial charge on any atom is -0.364 e. The van der Waals surface area contributed by atoms with Gasteiger partial charge in [-0.2, -0.15) is 5.01 Å². The molecule has 6 nitrogen and oxygen atoms in total. The van der Waals surface area contributed by atoms with E-state index < -0.39 is 13.0 Å². The van der Waals surface area contributed by atoms with Crippen molar-refractivity contribution in [1.82, 2.24) is 14.6 Å². The third kappa shape index (κ3) is 9.07. The molecule has 0 saturated heterocycles. The van der Waals surface area contributed by atoms with Gasteiger partial charge >= 0.3 is 0 Å². The largest absolute Gasteiger partial charge is 0.364 e. The van der Waals surface area contributed by atoms with E-state index in [1.165, 1.54) is 55.9 Å². The van der Waals surface area contributed by atoms with Crippen molar-refractivity contribution < 1.29 is 13.5 Å². The van der Waals surface area contributed by atoms with Gasteiger partial charge in [-0.1, -0.05) is 84.3 Å². The molecule has 8 heteroatoms. The van der Waals surface area contributed by atoms with Crippen molar-refractivity contribution in [2.24, 2.45) is 5.41 Å². The number of ether oxygens (including phenoxy) is 1. The zero-order valence-corrected chi connectivity index (χ0v) is 24.9. The van der Waals surface area contributed by atoms with Crippen LogP contribution in [0.3, 0.4) is 0 Å². The maximum absolute atomic E-state index is 13.5. The van der Waals surface area contributed by atoms with E-state index in [0.717, 1.165) is 29.4 Å². The molecular formula is C33H46F2N4O2. The molecule has 0 saturated carbocycles. The average molecular weight is 569 g/mol.